The van der Waals surface area contributed by atoms with E-state index < -0.39 is 9.84 Å². The number of nitrogens with zero attached hydrogens (tertiary/aromatic N) is 3. The van der Waals surface area contributed by atoms with Gasteiger partial charge in [0.05, 0.1) is 5.52 Å². The van der Waals surface area contributed by atoms with Crippen molar-refractivity contribution in [1.82, 2.24) is 15.3 Å². The molecule has 0 spiro atoms. The minimum atomic E-state index is -3.37. The number of benzene rings is 2. The summed E-state index contributed by atoms with van der Waals surface area (Å²) < 4.78 is 23.5. The first-order chi connectivity index (χ1) is 17.7. The van der Waals surface area contributed by atoms with Crippen molar-refractivity contribution in [3.8, 4) is 0 Å². The summed E-state index contributed by atoms with van der Waals surface area (Å²) in [5.41, 5.74) is 11.8. The highest BCUT2D eigenvalue weighted by Gasteiger charge is 2.12. The molecule has 2 heterocycles. The van der Waals surface area contributed by atoms with E-state index in [-0.39, 0.29) is 10.9 Å². The molecular weight excluding hydrogens is 486 g/mol. The van der Waals surface area contributed by atoms with Gasteiger partial charge in [0, 0.05) is 54.7 Å². The number of amides is 1. The summed E-state index contributed by atoms with van der Waals surface area (Å²) in [7, 11) is -1.70. The Morgan fingerprint density at radius 3 is 2.54 bits per heavy atom. The van der Waals surface area contributed by atoms with Gasteiger partial charge < -0.3 is 11.1 Å². The Morgan fingerprint density at radius 1 is 1.03 bits per heavy atom. The largest absolute Gasteiger partial charge is 0.384 e. The van der Waals surface area contributed by atoms with Crippen LogP contribution in [0.4, 0.5) is 0 Å². The summed E-state index contributed by atoms with van der Waals surface area (Å²) in [5, 5.41) is 3.86. The molecule has 0 atom stereocenters. The molecule has 0 aliphatic carbocycles. The van der Waals surface area contributed by atoms with Gasteiger partial charge in [-0.1, -0.05) is 31.2 Å². The molecule has 0 aliphatic heterocycles. The van der Waals surface area contributed by atoms with Gasteiger partial charge in [-0.05, 0) is 59.5 Å². The van der Waals surface area contributed by atoms with Crippen molar-refractivity contribution in [3.05, 3.63) is 100 Å². The fourth-order valence-corrected chi connectivity index (χ4v) is 4.68. The summed E-state index contributed by atoms with van der Waals surface area (Å²) in [5.74, 6) is 0.314. The molecule has 0 saturated heterocycles. The molecule has 9 heteroatoms. The van der Waals surface area contributed by atoms with Gasteiger partial charge in [-0.25, -0.2) is 13.4 Å². The van der Waals surface area contributed by atoms with Crippen molar-refractivity contribution in [2.24, 2.45) is 10.7 Å². The van der Waals surface area contributed by atoms with Gasteiger partial charge in [0.15, 0.2) is 14.9 Å². The number of aryl methyl sites for hydroxylation is 1. The van der Waals surface area contributed by atoms with Crippen LogP contribution >= 0.6 is 0 Å². The zero-order valence-electron chi connectivity index (χ0n) is 21.0. The lowest BCUT2D eigenvalue weighted by Gasteiger charge is -2.11. The molecule has 0 saturated carbocycles. The highest BCUT2D eigenvalue weighted by Crippen LogP contribution is 2.19. The standard InChI is InChI=1S/C28H29N5O3S/c1-4-20-14-19(5-8-24(20)27(29)30-2)17-32-28(34)22-11-12-31-23(16-22)15-18-6-9-25-21(13-18)7-10-26(33-25)37(3,35)36/h5-14,16H,4,15,17H2,1-3H3,(H2,29,30)(H,32,34). The Labute approximate surface area is 216 Å². The minimum absolute atomic E-state index is 0.0499. The van der Waals surface area contributed by atoms with Gasteiger partial charge in [-0.3, -0.25) is 14.8 Å². The van der Waals surface area contributed by atoms with Gasteiger partial charge in [0.25, 0.3) is 5.91 Å². The number of aromatic nitrogens is 2. The molecular formula is C28H29N5O3S. The number of fused-ring (bicyclic) bond motifs is 1. The van der Waals surface area contributed by atoms with Gasteiger partial charge >= 0.3 is 0 Å². The molecule has 190 valence electrons. The molecule has 0 fully saturated rings. The fourth-order valence-electron chi connectivity index (χ4n) is 4.10. The van der Waals surface area contributed by atoms with Crippen molar-refractivity contribution < 1.29 is 13.2 Å². The van der Waals surface area contributed by atoms with Crippen LogP contribution in [0.1, 0.15) is 45.2 Å². The second kappa shape index (κ2) is 10.9. The molecule has 3 N–H and O–H groups in total. The van der Waals surface area contributed by atoms with Crippen LogP contribution in [0.15, 0.2) is 76.9 Å². The number of carbonyl (C=O) groups excluding carboxylic acids is 1. The first-order valence-electron chi connectivity index (χ1n) is 11.8. The summed E-state index contributed by atoms with van der Waals surface area (Å²) in [4.78, 5) is 25.6. The van der Waals surface area contributed by atoms with E-state index in [0.29, 0.717) is 29.9 Å². The molecule has 1 amide bonds. The Kier molecular flexibility index (Phi) is 7.63. The van der Waals surface area contributed by atoms with E-state index in [1.165, 1.54) is 6.07 Å². The van der Waals surface area contributed by atoms with E-state index in [1.807, 2.05) is 30.3 Å². The normalized spacial score (nSPS) is 12.0. The van der Waals surface area contributed by atoms with E-state index in [1.54, 1.807) is 37.5 Å². The highest BCUT2D eigenvalue weighted by atomic mass is 32.2. The number of pyridine rings is 2. The maximum atomic E-state index is 12.9. The number of carbonyl (C=O) groups is 1. The predicted molar refractivity (Wildman–Crippen MR) is 146 cm³/mol. The average molecular weight is 516 g/mol. The third-order valence-corrected chi connectivity index (χ3v) is 7.08. The van der Waals surface area contributed by atoms with Crippen LogP contribution in [0, 0.1) is 0 Å². The van der Waals surface area contributed by atoms with Gasteiger partial charge in [0.2, 0.25) is 0 Å². The smallest absolute Gasteiger partial charge is 0.251 e. The molecule has 2 aromatic heterocycles. The number of nitrogens with one attached hydrogen (secondary N) is 1. The summed E-state index contributed by atoms with van der Waals surface area (Å²) in [6.07, 6.45) is 4.10. The van der Waals surface area contributed by atoms with Gasteiger partial charge in [-0.2, -0.15) is 0 Å². The van der Waals surface area contributed by atoms with Crippen LogP contribution in [-0.2, 0) is 29.2 Å². The van der Waals surface area contributed by atoms with E-state index in [0.717, 1.165) is 46.0 Å². The van der Waals surface area contributed by atoms with Crippen LogP contribution in [0.3, 0.4) is 0 Å². The molecule has 37 heavy (non-hydrogen) atoms. The monoisotopic (exact) mass is 515 g/mol. The Morgan fingerprint density at radius 2 is 1.81 bits per heavy atom. The van der Waals surface area contributed by atoms with Crippen molar-refractivity contribution in [1.29, 1.82) is 0 Å². The number of amidine groups is 1. The van der Waals surface area contributed by atoms with E-state index >= 15 is 0 Å². The van der Waals surface area contributed by atoms with Gasteiger partial charge in [0.1, 0.15) is 5.84 Å². The lowest BCUT2D eigenvalue weighted by atomic mass is 10.0. The third kappa shape index (κ3) is 6.18. The molecule has 0 aliphatic rings. The average Bonchev–Trinajstić information content (AvgIpc) is 2.90. The molecule has 4 aromatic rings. The van der Waals surface area contributed by atoms with Crippen LogP contribution in [0.25, 0.3) is 10.9 Å². The van der Waals surface area contributed by atoms with Crippen LogP contribution in [-0.4, -0.2) is 43.4 Å². The molecule has 0 bridgehead atoms. The summed E-state index contributed by atoms with van der Waals surface area (Å²) in [6.45, 7) is 2.45. The van der Waals surface area contributed by atoms with Crippen LogP contribution in [0.5, 0.6) is 0 Å². The Hall–Kier alpha value is -4.11. The quantitative estimate of drug-likeness (QED) is 0.273. The zero-order valence-corrected chi connectivity index (χ0v) is 21.8. The first-order valence-corrected chi connectivity index (χ1v) is 13.7. The molecule has 8 nitrogen and oxygen atoms in total. The number of hydrogen-bond acceptors (Lipinski definition) is 6. The second-order valence-electron chi connectivity index (χ2n) is 8.80. The zero-order chi connectivity index (χ0) is 26.6. The van der Waals surface area contributed by atoms with Crippen molar-refractivity contribution in [2.75, 3.05) is 13.3 Å². The van der Waals surface area contributed by atoms with Crippen molar-refractivity contribution in [2.45, 2.75) is 31.3 Å². The Bertz CT molecular complexity index is 1610. The SMILES string of the molecule is CCc1cc(CNC(=O)c2ccnc(Cc3ccc4nc(S(C)(=O)=O)ccc4c3)c2)ccc1C(N)=NC. The van der Waals surface area contributed by atoms with Crippen LogP contribution < -0.4 is 11.1 Å². The molecule has 0 radical (unpaired) electrons. The molecule has 4 rings (SSSR count). The topological polar surface area (TPSA) is 127 Å². The minimum Gasteiger partial charge on any atom is -0.384 e. The Balaban J connectivity index is 1.45. The molecule has 0 unspecified atom stereocenters. The maximum Gasteiger partial charge on any atom is 0.251 e. The lowest BCUT2D eigenvalue weighted by molar-refractivity contribution is 0.0950. The highest BCUT2D eigenvalue weighted by molar-refractivity contribution is 7.90. The number of hydrogen-bond donors (Lipinski definition) is 2. The number of rotatable bonds is 8. The maximum absolute atomic E-state index is 12.9. The lowest BCUT2D eigenvalue weighted by Crippen LogP contribution is -2.23. The number of nitrogens with two attached hydrogens (primary N) is 1. The summed E-state index contributed by atoms with van der Waals surface area (Å²) in [6, 6.07) is 18.3. The van der Waals surface area contributed by atoms with E-state index in [4.69, 9.17) is 5.73 Å². The second-order valence-corrected chi connectivity index (χ2v) is 10.8. The number of sulfone groups is 1. The molecule has 2 aromatic carbocycles. The number of aliphatic imine (C=N–C) groups is 1. The first kappa shape index (κ1) is 26.0. The van der Waals surface area contributed by atoms with Crippen molar-refractivity contribution >= 4 is 32.5 Å². The predicted octanol–water partition coefficient (Wildman–Crippen LogP) is 3.45. The van der Waals surface area contributed by atoms with E-state index in [9.17, 15) is 13.2 Å². The fraction of sp³-hybridized carbons (Fsp3) is 0.214. The third-order valence-electron chi connectivity index (χ3n) is 6.09. The van der Waals surface area contributed by atoms with E-state index in [2.05, 4.69) is 27.2 Å². The van der Waals surface area contributed by atoms with Crippen molar-refractivity contribution in [3.63, 3.8) is 0 Å². The van der Waals surface area contributed by atoms with Crippen LogP contribution in [0.2, 0.25) is 0 Å². The summed E-state index contributed by atoms with van der Waals surface area (Å²) >= 11 is 0. The van der Waals surface area contributed by atoms with Gasteiger partial charge in [-0.15, -0.1) is 0 Å².